The number of hydrogen-bond donors (Lipinski definition) is 1. The van der Waals surface area contributed by atoms with Gasteiger partial charge in [-0.15, -0.1) is 0 Å². The molecule has 0 spiro atoms. The van der Waals surface area contributed by atoms with Crippen LogP contribution in [0.5, 0.6) is 5.75 Å². The molecule has 1 atom stereocenters. The van der Waals surface area contributed by atoms with Gasteiger partial charge >= 0.3 is 0 Å². The number of carbonyl (C=O) groups is 1. The predicted octanol–water partition coefficient (Wildman–Crippen LogP) is 1.36. The lowest BCUT2D eigenvalue weighted by Gasteiger charge is -2.18. The SMILES string of the molecule is COc1ccc(I)c(N2CC(N)CC2=O)c1. The second-order valence-electron chi connectivity index (χ2n) is 3.79. The Hall–Kier alpha value is -0.820. The summed E-state index contributed by atoms with van der Waals surface area (Å²) in [4.78, 5) is 13.5. The van der Waals surface area contributed by atoms with Crippen LogP contribution in [-0.2, 0) is 4.79 Å². The number of halogens is 1. The van der Waals surface area contributed by atoms with Crippen molar-refractivity contribution in [3.05, 3.63) is 21.8 Å². The number of amides is 1. The largest absolute Gasteiger partial charge is 0.497 e. The maximum atomic E-state index is 11.7. The monoisotopic (exact) mass is 332 g/mol. The van der Waals surface area contributed by atoms with Crippen LogP contribution in [0.3, 0.4) is 0 Å². The third-order valence-corrected chi connectivity index (χ3v) is 3.51. The lowest BCUT2D eigenvalue weighted by atomic mass is 10.3. The second kappa shape index (κ2) is 4.58. The zero-order chi connectivity index (χ0) is 11.7. The first-order valence-corrected chi connectivity index (χ1v) is 6.09. The highest BCUT2D eigenvalue weighted by molar-refractivity contribution is 14.1. The highest BCUT2D eigenvalue weighted by Crippen LogP contribution is 2.30. The van der Waals surface area contributed by atoms with Crippen molar-refractivity contribution in [3.63, 3.8) is 0 Å². The molecule has 0 radical (unpaired) electrons. The molecule has 1 aromatic carbocycles. The molecule has 1 aliphatic rings. The quantitative estimate of drug-likeness (QED) is 0.832. The number of methoxy groups -OCH3 is 1. The van der Waals surface area contributed by atoms with Crippen molar-refractivity contribution in [2.24, 2.45) is 5.73 Å². The van der Waals surface area contributed by atoms with Crippen LogP contribution in [0.1, 0.15) is 6.42 Å². The predicted molar refractivity (Wildman–Crippen MR) is 70.7 cm³/mol. The van der Waals surface area contributed by atoms with Gasteiger partial charge in [-0.3, -0.25) is 4.79 Å². The molecule has 1 fully saturated rings. The molecule has 1 saturated heterocycles. The fourth-order valence-electron chi connectivity index (χ4n) is 1.79. The Kier molecular flexibility index (Phi) is 3.34. The van der Waals surface area contributed by atoms with E-state index in [1.54, 1.807) is 12.0 Å². The van der Waals surface area contributed by atoms with Crippen LogP contribution in [0.4, 0.5) is 5.69 Å². The number of anilines is 1. The van der Waals surface area contributed by atoms with Gasteiger partial charge in [0.05, 0.1) is 12.8 Å². The number of rotatable bonds is 2. The third-order valence-electron chi connectivity index (χ3n) is 2.60. The molecule has 2 N–H and O–H groups in total. The zero-order valence-corrected chi connectivity index (χ0v) is 11.1. The summed E-state index contributed by atoms with van der Waals surface area (Å²) in [6.45, 7) is 0.585. The number of ether oxygens (including phenoxy) is 1. The maximum Gasteiger partial charge on any atom is 0.228 e. The van der Waals surface area contributed by atoms with Gasteiger partial charge < -0.3 is 15.4 Å². The van der Waals surface area contributed by atoms with E-state index in [-0.39, 0.29) is 11.9 Å². The van der Waals surface area contributed by atoms with Crippen LogP contribution >= 0.6 is 22.6 Å². The fourth-order valence-corrected chi connectivity index (χ4v) is 2.42. The first-order chi connectivity index (χ1) is 7.61. The molecule has 16 heavy (non-hydrogen) atoms. The molecule has 1 amide bonds. The first kappa shape index (κ1) is 11.7. The van der Waals surface area contributed by atoms with Crippen molar-refractivity contribution in [2.75, 3.05) is 18.6 Å². The average molecular weight is 332 g/mol. The molecule has 1 unspecified atom stereocenters. The summed E-state index contributed by atoms with van der Waals surface area (Å²) < 4.78 is 6.19. The molecule has 2 rings (SSSR count). The van der Waals surface area contributed by atoms with Gasteiger partial charge in [-0.25, -0.2) is 0 Å². The average Bonchev–Trinajstić information content (AvgIpc) is 2.58. The molecule has 86 valence electrons. The van der Waals surface area contributed by atoms with E-state index in [4.69, 9.17) is 10.5 Å². The van der Waals surface area contributed by atoms with Gasteiger partial charge in [-0.1, -0.05) is 0 Å². The number of carbonyl (C=O) groups excluding carboxylic acids is 1. The molecule has 1 heterocycles. The molecule has 5 heteroatoms. The lowest BCUT2D eigenvalue weighted by molar-refractivity contribution is -0.117. The molecule has 0 aromatic heterocycles. The van der Waals surface area contributed by atoms with Crippen molar-refractivity contribution in [2.45, 2.75) is 12.5 Å². The summed E-state index contributed by atoms with van der Waals surface area (Å²) in [5.41, 5.74) is 6.66. The van der Waals surface area contributed by atoms with E-state index in [2.05, 4.69) is 22.6 Å². The summed E-state index contributed by atoms with van der Waals surface area (Å²) in [6.07, 6.45) is 0.424. The molecule has 0 bridgehead atoms. The molecular weight excluding hydrogens is 319 g/mol. The van der Waals surface area contributed by atoms with Crippen LogP contribution in [0, 0.1) is 3.57 Å². The van der Waals surface area contributed by atoms with Crippen molar-refractivity contribution in [1.29, 1.82) is 0 Å². The van der Waals surface area contributed by atoms with Gasteiger partial charge in [0.25, 0.3) is 0 Å². The highest BCUT2D eigenvalue weighted by Gasteiger charge is 2.29. The standard InChI is InChI=1S/C11H13IN2O2/c1-16-8-2-3-9(12)10(5-8)14-6-7(13)4-11(14)15/h2-3,5,7H,4,6,13H2,1H3. The Morgan fingerprint density at radius 3 is 2.88 bits per heavy atom. The Morgan fingerprint density at radius 1 is 1.56 bits per heavy atom. The first-order valence-electron chi connectivity index (χ1n) is 5.01. The van der Waals surface area contributed by atoms with E-state index in [0.29, 0.717) is 13.0 Å². The van der Waals surface area contributed by atoms with Crippen molar-refractivity contribution >= 4 is 34.2 Å². The number of benzene rings is 1. The van der Waals surface area contributed by atoms with Crippen molar-refractivity contribution in [1.82, 2.24) is 0 Å². The molecule has 0 aliphatic carbocycles. The molecule has 0 saturated carbocycles. The van der Waals surface area contributed by atoms with E-state index in [9.17, 15) is 4.79 Å². The number of nitrogens with zero attached hydrogens (tertiary/aromatic N) is 1. The smallest absolute Gasteiger partial charge is 0.228 e. The van der Waals surface area contributed by atoms with E-state index in [1.807, 2.05) is 18.2 Å². The zero-order valence-electron chi connectivity index (χ0n) is 8.94. The van der Waals surface area contributed by atoms with Crippen LogP contribution in [0.15, 0.2) is 18.2 Å². The minimum atomic E-state index is -0.0606. The van der Waals surface area contributed by atoms with Crippen molar-refractivity contribution in [3.8, 4) is 5.75 Å². The van der Waals surface area contributed by atoms with E-state index in [0.717, 1.165) is 15.0 Å². The molecule has 4 nitrogen and oxygen atoms in total. The Morgan fingerprint density at radius 2 is 2.31 bits per heavy atom. The van der Waals surface area contributed by atoms with Crippen molar-refractivity contribution < 1.29 is 9.53 Å². The Balaban J connectivity index is 2.35. The summed E-state index contributed by atoms with van der Waals surface area (Å²) >= 11 is 2.21. The maximum absolute atomic E-state index is 11.7. The van der Waals surface area contributed by atoms with Crippen LogP contribution in [-0.4, -0.2) is 25.6 Å². The lowest BCUT2D eigenvalue weighted by Crippen LogP contribution is -2.28. The van der Waals surface area contributed by atoms with E-state index >= 15 is 0 Å². The number of nitrogens with two attached hydrogens (primary N) is 1. The highest BCUT2D eigenvalue weighted by atomic mass is 127. The Bertz CT molecular complexity index is 422. The van der Waals surface area contributed by atoms with E-state index in [1.165, 1.54) is 0 Å². The van der Waals surface area contributed by atoms with E-state index < -0.39 is 0 Å². The van der Waals surface area contributed by atoms with Crippen LogP contribution < -0.4 is 15.4 Å². The van der Waals surface area contributed by atoms with Gasteiger partial charge in [0, 0.05) is 28.6 Å². The Labute approximate surface area is 108 Å². The van der Waals surface area contributed by atoms with Crippen LogP contribution in [0.25, 0.3) is 0 Å². The normalized spacial score (nSPS) is 20.3. The minimum absolute atomic E-state index is 0.0606. The van der Waals surface area contributed by atoms with Crippen LogP contribution in [0.2, 0.25) is 0 Å². The summed E-state index contributed by atoms with van der Waals surface area (Å²) in [7, 11) is 1.61. The van der Waals surface area contributed by atoms with Gasteiger partial charge in [-0.05, 0) is 34.7 Å². The minimum Gasteiger partial charge on any atom is -0.497 e. The molecule has 1 aliphatic heterocycles. The fraction of sp³-hybridized carbons (Fsp3) is 0.364. The summed E-state index contributed by atoms with van der Waals surface area (Å²) in [6, 6.07) is 5.63. The number of hydrogen-bond acceptors (Lipinski definition) is 3. The van der Waals surface area contributed by atoms with Gasteiger partial charge in [0.2, 0.25) is 5.91 Å². The van der Waals surface area contributed by atoms with Gasteiger partial charge in [0.15, 0.2) is 0 Å². The summed E-state index contributed by atoms with van der Waals surface area (Å²) in [5, 5.41) is 0. The van der Waals surface area contributed by atoms with Gasteiger partial charge in [0.1, 0.15) is 5.75 Å². The van der Waals surface area contributed by atoms with Gasteiger partial charge in [-0.2, -0.15) is 0 Å². The summed E-state index contributed by atoms with van der Waals surface area (Å²) in [5.74, 6) is 0.836. The molecular formula is C11H13IN2O2. The second-order valence-corrected chi connectivity index (χ2v) is 4.95. The molecule has 1 aromatic rings. The third kappa shape index (κ3) is 2.15. The topological polar surface area (TPSA) is 55.6 Å².